The molecule has 0 unspecified atom stereocenters. The zero-order valence-electron chi connectivity index (χ0n) is 20.7. The molecule has 190 valence electrons. The first kappa shape index (κ1) is 29.6. The molecule has 0 amide bonds. The lowest BCUT2D eigenvalue weighted by Crippen LogP contribution is -2.09. The van der Waals surface area contributed by atoms with E-state index >= 15 is 0 Å². The minimum absolute atomic E-state index is 0.0982. The molecule has 0 saturated heterocycles. The third kappa shape index (κ3) is 11.0. The first-order chi connectivity index (χ1) is 16.5. The number of rotatable bonds is 1. The van der Waals surface area contributed by atoms with Crippen molar-refractivity contribution in [3.63, 3.8) is 0 Å². The summed E-state index contributed by atoms with van der Waals surface area (Å²) in [6.45, 7) is 10.7. The fraction of sp³-hybridized carbons (Fsp3) is 0.321. The van der Waals surface area contributed by atoms with Gasteiger partial charge in [0.2, 0.25) is 0 Å². The number of nitrogens with two attached hydrogens (primary N) is 3. The van der Waals surface area contributed by atoms with Crippen LogP contribution in [0.5, 0.6) is 0 Å². The molecular formula is C28H37F3N4. The molecule has 0 spiro atoms. The molecule has 3 aromatic rings. The number of pyridine rings is 1. The number of halogens is 3. The van der Waals surface area contributed by atoms with Crippen molar-refractivity contribution >= 4 is 22.3 Å². The van der Waals surface area contributed by atoms with Crippen molar-refractivity contribution in [2.75, 3.05) is 5.73 Å². The van der Waals surface area contributed by atoms with Crippen LogP contribution in [0.15, 0.2) is 67.9 Å². The largest absolute Gasteiger partial charge is 0.433 e. The normalized spacial score (nSPS) is 12.6. The van der Waals surface area contributed by atoms with Crippen molar-refractivity contribution in [2.24, 2.45) is 11.5 Å². The van der Waals surface area contributed by atoms with Crippen LogP contribution in [-0.2, 0) is 6.18 Å². The number of aryl methyl sites for hydroxylation is 2. The first-order valence-electron chi connectivity index (χ1n) is 11.6. The van der Waals surface area contributed by atoms with E-state index in [0.29, 0.717) is 11.1 Å². The molecular weight excluding hydrogens is 449 g/mol. The average Bonchev–Trinajstić information content (AvgIpc) is 2.81. The molecule has 1 aliphatic carbocycles. The van der Waals surface area contributed by atoms with E-state index in [2.05, 4.69) is 23.9 Å². The molecule has 4 rings (SSSR count). The van der Waals surface area contributed by atoms with Crippen molar-refractivity contribution in [3.05, 3.63) is 90.3 Å². The first-order valence-corrected chi connectivity index (χ1v) is 11.6. The molecule has 7 heteroatoms. The second-order valence-electron chi connectivity index (χ2n) is 8.37. The molecule has 0 aliphatic heterocycles. The molecule has 1 aliphatic rings. The van der Waals surface area contributed by atoms with Crippen molar-refractivity contribution in [1.29, 1.82) is 0 Å². The van der Waals surface area contributed by atoms with Gasteiger partial charge in [-0.15, -0.1) is 0 Å². The van der Waals surface area contributed by atoms with Crippen LogP contribution >= 0.6 is 0 Å². The maximum Gasteiger partial charge on any atom is 0.433 e. The number of fused-ring (bicyclic) bond motifs is 1. The summed E-state index contributed by atoms with van der Waals surface area (Å²) in [5, 5.41) is 0.549. The molecule has 0 bridgehead atoms. The number of hydrogen-bond donors (Lipinski definition) is 3. The van der Waals surface area contributed by atoms with Crippen LogP contribution in [0.4, 0.5) is 18.9 Å². The van der Waals surface area contributed by atoms with Gasteiger partial charge in [-0.3, -0.25) is 0 Å². The highest BCUT2D eigenvalue weighted by molar-refractivity contribution is 5.90. The number of anilines is 1. The third-order valence-corrected chi connectivity index (χ3v) is 5.18. The Morgan fingerprint density at radius 3 is 1.86 bits per heavy atom. The Bertz CT molecular complexity index is 1080. The maximum absolute atomic E-state index is 12.5. The van der Waals surface area contributed by atoms with Gasteiger partial charge >= 0.3 is 6.18 Å². The lowest BCUT2D eigenvalue weighted by atomic mass is 10.0. The minimum Gasteiger partial charge on any atom is -0.405 e. The van der Waals surface area contributed by atoms with Gasteiger partial charge in [0.05, 0.1) is 5.52 Å². The second kappa shape index (κ2) is 14.7. The molecule has 1 saturated carbocycles. The van der Waals surface area contributed by atoms with Gasteiger partial charge in [0.15, 0.2) is 0 Å². The smallest absolute Gasteiger partial charge is 0.405 e. The lowest BCUT2D eigenvalue weighted by Gasteiger charge is -2.09. The van der Waals surface area contributed by atoms with Gasteiger partial charge in [-0.1, -0.05) is 87.1 Å². The van der Waals surface area contributed by atoms with E-state index in [1.165, 1.54) is 56.4 Å². The van der Waals surface area contributed by atoms with E-state index in [-0.39, 0.29) is 11.2 Å². The predicted octanol–water partition coefficient (Wildman–Crippen LogP) is 7.50. The predicted molar refractivity (Wildman–Crippen MR) is 142 cm³/mol. The highest BCUT2D eigenvalue weighted by Gasteiger charge is 2.33. The third-order valence-electron chi connectivity index (χ3n) is 5.18. The van der Waals surface area contributed by atoms with E-state index in [9.17, 15) is 13.2 Å². The second-order valence-corrected chi connectivity index (χ2v) is 8.37. The molecule has 1 heterocycles. The standard InChI is InChI=1S/C11H9F3N2.C9H11N.C6H12.C2H5N/c1-6-2-3-9-7(4-6)8(15)5-10(16-9)11(12,13)14;1-7-4-3-5-9(6-7)8(2)10;1-2-4-6-5-3-1;1-2-3/h2-5H,1H3,(H2,15,16);3-6H,2,10H2,1H3;1-6H2;2H,1,3H2. The lowest BCUT2D eigenvalue weighted by molar-refractivity contribution is -0.140. The van der Waals surface area contributed by atoms with Crippen LogP contribution in [-0.4, -0.2) is 4.98 Å². The van der Waals surface area contributed by atoms with Crippen molar-refractivity contribution < 1.29 is 13.2 Å². The number of hydrogen-bond acceptors (Lipinski definition) is 4. The zero-order valence-corrected chi connectivity index (χ0v) is 20.7. The van der Waals surface area contributed by atoms with E-state index in [1.54, 1.807) is 12.1 Å². The summed E-state index contributed by atoms with van der Waals surface area (Å²) in [4.78, 5) is 3.54. The zero-order chi connectivity index (χ0) is 26.4. The fourth-order valence-electron chi connectivity index (χ4n) is 3.42. The molecule has 1 aromatic heterocycles. The summed E-state index contributed by atoms with van der Waals surface area (Å²) >= 11 is 0. The number of nitrogen functional groups attached to an aromatic ring is 1. The minimum atomic E-state index is -4.47. The van der Waals surface area contributed by atoms with Crippen LogP contribution < -0.4 is 17.2 Å². The Kier molecular flexibility index (Phi) is 12.4. The maximum atomic E-state index is 12.5. The topological polar surface area (TPSA) is 91.0 Å². The summed E-state index contributed by atoms with van der Waals surface area (Å²) in [5.41, 5.74) is 18.9. The van der Waals surface area contributed by atoms with E-state index in [1.807, 2.05) is 38.1 Å². The summed E-state index contributed by atoms with van der Waals surface area (Å²) < 4.78 is 37.4. The Labute approximate surface area is 206 Å². The molecule has 2 aromatic carbocycles. The van der Waals surface area contributed by atoms with Crippen LogP contribution in [0.3, 0.4) is 0 Å². The molecule has 0 radical (unpaired) electrons. The van der Waals surface area contributed by atoms with Crippen LogP contribution in [0.1, 0.15) is 60.9 Å². The number of alkyl halides is 3. The van der Waals surface area contributed by atoms with E-state index in [0.717, 1.165) is 17.2 Å². The van der Waals surface area contributed by atoms with Crippen LogP contribution in [0, 0.1) is 13.8 Å². The van der Waals surface area contributed by atoms with Crippen molar-refractivity contribution in [2.45, 2.75) is 58.5 Å². The monoisotopic (exact) mass is 486 g/mol. The Morgan fingerprint density at radius 2 is 1.43 bits per heavy atom. The van der Waals surface area contributed by atoms with Gasteiger partial charge in [0, 0.05) is 16.8 Å². The van der Waals surface area contributed by atoms with Crippen LogP contribution in [0.25, 0.3) is 16.6 Å². The highest BCUT2D eigenvalue weighted by Crippen LogP contribution is 2.32. The highest BCUT2D eigenvalue weighted by atomic mass is 19.4. The van der Waals surface area contributed by atoms with Gasteiger partial charge in [-0.05, 0) is 49.9 Å². The van der Waals surface area contributed by atoms with Gasteiger partial charge in [0.1, 0.15) is 5.69 Å². The van der Waals surface area contributed by atoms with Gasteiger partial charge in [0.25, 0.3) is 0 Å². The summed E-state index contributed by atoms with van der Waals surface area (Å²) in [5.74, 6) is 0. The summed E-state index contributed by atoms with van der Waals surface area (Å²) in [6.07, 6.45) is 5.78. The Hall–Kier alpha value is -3.48. The average molecular weight is 487 g/mol. The summed E-state index contributed by atoms with van der Waals surface area (Å²) in [6, 6.07) is 13.8. The van der Waals surface area contributed by atoms with Crippen LogP contribution in [0.2, 0.25) is 0 Å². The van der Waals surface area contributed by atoms with Gasteiger partial charge < -0.3 is 17.2 Å². The quantitative estimate of drug-likeness (QED) is 0.332. The van der Waals surface area contributed by atoms with E-state index in [4.69, 9.17) is 11.5 Å². The van der Waals surface area contributed by atoms with Crippen molar-refractivity contribution in [1.82, 2.24) is 4.98 Å². The van der Waals surface area contributed by atoms with Gasteiger partial charge in [-0.25, -0.2) is 4.98 Å². The van der Waals surface area contributed by atoms with Gasteiger partial charge in [-0.2, -0.15) is 13.2 Å². The Balaban J connectivity index is 0.000000274. The fourth-order valence-corrected chi connectivity index (χ4v) is 3.42. The number of aromatic nitrogens is 1. The summed E-state index contributed by atoms with van der Waals surface area (Å²) in [7, 11) is 0. The molecule has 1 fully saturated rings. The molecule has 4 nitrogen and oxygen atoms in total. The Morgan fingerprint density at radius 1 is 0.914 bits per heavy atom. The molecule has 35 heavy (non-hydrogen) atoms. The molecule has 0 atom stereocenters. The SMILES string of the molecule is C1CCCCC1.C=C(N)c1cccc(C)c1.C=CN.Cc1ccc2nc(C(F)(F)F)cc(N)c2c1. The number of nitrogens with zero attached hydrogens (tertiary/aromatic N) is 1. The van der Waals surface area contributed by atoms with E-state index < -0.39 is 11.9 Å². The van der Waals surface area contributed by atoms with Crippen molar-refractivity contribution in [3.8, 4) is 0 Å². The molecule has 6 N–H and O–H groups in total. The number of benzene rings is 2.